The van der Waals surface area contributed by atoms with Crippen LogP contribution in [0.15, 0.2) is 0 Å². The summed E-state index contributed by atoms with van der Waals surface area (Å²) in [5, 5.41) is 1.45. The van der Waals surface area contributed by atoms with Gasteiger partial charge in [-0.15, -0.1) is 0 Å². The van der Waals surface area contributed by atoms with E-state index in [9.17, 15) is 4.79 Å². The van der Waals surface area contributed by atoms with Crippen molar-refractivity contribution in [1.29, 1.82) is 0 Å². The van der Waals surface area contributed by atoms with Gasteiger partial charge in [0.05, 0.1) is 26.4 Å². The van der Waals surface area contributed by atoms with E-state index >= 15 is 0 Å². The van der Waals surface area contributed by atoms with E-state index in [1.165, 1.54) is 5.06 Å². The smallest absolute Gasteiger partial charge is 0.344 e. The fourth-order valence-electron chi connectivity index (χ4n) is 1.51. The summed E-state index contributed by atoms with van der Waals surface area (Å²) in [6.45, 7) is 4.02. The maximum atomic E-state index is 11.7. The van der Waals surface area contributed by atoms with Crippen LogP contribution in [0.5, 0.6) is 0 Å². The molecule has 0 aromatic heterocycles. The number of amides is 2. The lowest BCUT2D eigenvalue weighted by Crippen LogP contribution is -2.46. The average molecular weight is 186 g/mol. The average Bonchev–Trinajstić information content (AvgIpc) is 2.71. The van der Waals surface area contributed by atoms with Gasteiger partial charge in [-0.05, 0) is 6.42 Å². The SMILES string of the molecule is O=C(N1CCOCC1)N1CCCO1. The van der Waals surface area contributed by atoms with Crippen molar-refractivity contribution in [2.45, 2.75) is 6.42 Å². The first-order valence-corrected chi connectivity index (χ1v) is 4.65. The predicted molar refractivity (Wildman–Crippen MR) is 45.1 cm³/mol. The molecule has 0 spiro atoms. The van der Waals surface area contributed by atoms with Crippen molar-refractivity contribution in [2.75, 3.05) is 39.5 Å². The van der Waals surface area contributed by atoms with Gasteiger partial charge in [0.15, 0.2) is 0 Å². The second-order valence-electron chi connectivity index (χ2n) is 3.17. The zero-order valence-corrected chi connectivity index (χ0v) is 7.57. The number of hydroxylamine groups is 2. The molecular weight excluding hydrogens is 172 g/mol. The van der Waals surface area contributed by atoms with Gasteiger partial charge in [0, 0.05) is 13.1 Å². The quantitative estimate of drug-likeness (QED) is 0.538. The van der Waals surface area contributed by atoms with Gasteiger partial charge in [-0.25, -0.2) is 9.86 Å². The van der Waals surface area contributed by atoms with E-state index in [0.717, 1.165) is 13.0 Å². The van der Waals surface area contributed by atoms with Crippen LogP contribution in [0.25, 0.3) is 0 Å². The van der Waals surface area contributed by atoms with Crippen LogP contribution < -0.4 is 0 Å². The van der Waals surface area contributed by atoms with E-state index in [4.69, 9.17) is 9.57 Å². The maximum absolute atomic E-state index is 11.7. The van der Waals surface area contributed by atoms with Gasteiger partial charge in [-0.2, -0.15) is 0 Å². The van der Waals surface area contributed by atoms with E-state index in [1.54, 1.807) is 4.90 Å². The molecule has 0 aromatic carbocycles. The number of hydrogen-bond acceptors (Lipinski definition) is 3. The molecule has 0 aromatic rings. The zero-order chi connectivity index (χ0) is 9.10. The molecule has 2 rings (SSSR count). The summed E-state index contributed by atoms with van der Waals surface area (Å²) in [5.41, 5.74) is 0. The number of urea groups is 1. The van der Waals surface area contributed by atoms with Crippen molar-refractivity contribution in [1.82, 2.24) is 9.96 Å². The van der Waals surface area contributed by atoms with Crippen molar-refractivity contribution in [3.8, 4) is 0 Å². The molecule has 13 heavy (non-hydrogen) atoms. The molecule has 74 valence electrons. The van der Waals surface area contributed by atoms with Gasteiger partial charge >= 0.3 is 6.03 Å². The molecule has 0 radical (unpaired) electrons. The molecule has 2 aliphatic rings. The van der Waals surface area contributed by atoms with Crippen molar-refractivity contribution < 1.29 is 14.4 Å². The van der Waals surface area contributed by atoms with Crippen molar-refractivity contribution >= 4 is 6.03 Å². The molecule has 2 amide bonds. The minimum absolute atomic E-state index is 0.0131. The summed E-state index contributed by atoms with van der Waals surface area (Å²) >= 11 is 0. The molecule has 0 bridgehead atoms. The molecule has 0 N–H and O–H groups in total. The van der Waals surface area contributed by atoms with Crippen molar-refractivity contribution in [3.05, 3.63) is 0 Å². The highest BCUT2D eigenvalue weighted by atomic mass is 16.7. The van der Waals surface area contributed by atoms with E-state index < -0.39 is 0 Å². The molecule has 5 heteroatoms. The third-order valence-corrected chi connectivity index (χ3v) is 2.25. The van der Waals surface area contributed by atoms with Crippen LogP contribution in [0.4, 0.5) is 4.79 Å². The standard InChI is InChI=1S/C8H14N2O3/c11-8(10-2-1-5-13-10)9-3-6-12-7-4-9/h1-7H2. The van der Waals surface area contributed by atoms with Crippen LogP contribution in [0.1, 0.15) is 6.42 Å². The summed E-state index contributed by atoms with van der Waals surface area (Å²) in [6.07, 6.45) is 0.941. The Morgan fingerprint density at radius 1 is 1.08 bits per heavy atom. The highest BCUT2D eigenvalue weighted by Crippen LogP contribution is 2.09. The first kappa shape index (κ1) is 8.77. The largest absolute Gasteiger partial charge is 0.378 e. The molecule has 2 heterocycles. The minimum atomic E-state index is -0.0131. The predicted octanol–water partition coefficient (Wildman–Crippen LogP) is 0.0759. The Kier molecular flexibility index (Phi) is 2.65. The Morgan fingerprint density at radius 2 is 1.85 bits per heavy atom. The molecule has 0 aliphatic carbocycles. The summed E-state index contributed by atoms with van der Waals surface area (Å²) in [4.78, 5) is 18.6. The van der Waals surface area contributed by atoms with Crippen LogP contribution in [0.3, 0.4) is 0 Å². The van der Waals surface area contributed by atoms with E-state index in [2.05, 4.69) is 0 Å². The van der Waals surface area contributed by atoms with Crippen LogP contribution >= 0.6 is 0 Å². The van der Waals surface area contributed by atoms with Crippen LogP contribution in [-0.2, 0) is 9.57 Å². The fraction of sp³-hybridized carbons (Fsp3) is 0.875. The summed E-state index contributed by atoms with van der Waals surface area (Å²) < 4.78 is 5.16. The Balaban J connectivity index is 1.87. The van der Waals surface area contributed by atoms with Crippen LogP contribution in [-0.4, -0.2) is 55.4 Å². The molecule has 2 aliphatic heterocycles. The van der Waals surface area contributed by atoms with E-state index in [0.29, 0.717) is 32.9 Å². The molecule has 2 saturated heterocycles. The number of morpholine rings is 1. The second kappa shape index (κ2) is 3.93. The van der Waals surface area contributed by atoms with Crippen LogP contribution in [0.2, 0.25) is 0 Å². The number of nitrogens with zero attached hydrogens (tertiary/aromatic N) is 2. The van der Waals surface area contributed by atoms with Gasteiger partial charge in [-0.3, -0.25) is 4.84 Å². The number of ether oxygens (including phenoxy) is 1. The molecule has 2 fully saturated rings. The third kappa shape index (κ3) is 1.92. The Labute approximate surface area is 77.1 Å². The van der Waals surface area contributed by atoms with Gasteiger partial charge in [0.25, 0.3) is 0 Å². The Hall–Kier alpha value is -0.810. The van der Waals surface area contributed by atoms with Crippen LogP contribution in [0, 0.1) is 0 Å². The normalized spacial score (nSPS) is 23.7. The lowest BCUT2D eigenvalue weighted by atomic mass is 10.4. The zero-order valence-electron chi connectivity index (χ0n) is 7.57. The molecule has 0 unspecified atom stereocenters. The summed E-state index contributed by atoms with van der Waals surface area (Å²) in [5.74, 6) is 0. The molecule has 0 saturated carbocycles. The number of rotatable bonds is 0. The molecule has 0 atom stereocenters. The van der Waals surface area contributed by atoms with E-state index in [1.807, 2.05) is 0 Å². The van der Waals surface area contributed by atoms with E-state index in [-0.39, 0.29) is 6.03 Å². The van der Waals surface area contributed by atoms with Gasteiger partial charge in [0.2, 0.25) is 0 Å². The lowest BCUT2D eigenvalue weighted by molar-refractivity contribution is -0.0834. The third-order valence-electron chi connectivity index (χ3n) is 2.25. The first-order valence-electron chi connectivity index (χ1n) is 4.65. The Morgan fingerprint density at radius 3 is 2.46 bits per heavy atom. The number of carbonyl (C=O) groups is 1. The topological polar surface area (TPSA) is 42.0 Å². The Bertz CT molecular complexity index is 186. The number of hydrogen-bond donors (Lipinski definition) is 0. The summed E-state index contributed by atoms with van der Waals surface area (Å²) in [7, 11) is 0. The van der Waals surface area contributed by atoms with Crippen molar-refractivity contribution in [2.24, 2.45) is 0 Å². The molecular formula is C8H14N2O3. The van der Waals surface area contributed by atoms with Gasteiger partial charge in [-0.1, -0.05) is 0 Å². The van der Waals surface area contributed by atoms with Gasteiger partial charge in [0.1, 0.15) is 0 Å². The summed E-state index contributed by atoms with van der Waals surface area (Å²) in [6, 6.07) is -0.0131. The van der Waals surface area contributed by atoms with Gasteiger partial charge < -0.3 is 9.64 Å². The number of carbonyl (C=O) groups excluding carboxylic acids is 1. The fourth-order valence-corrected chi connectivity index (χ4v) is 1.51. The molecule has 5 nitrogen and oxygen atoms in total. The second-order valence-corrected chi connectivity index (χ2v) is 3.17. The minimum Gasteiger partial charge on any atom is -0.378 e. The maximum Gasteiger partial charge on any atom is 0.344 e. The first-order chi connectivity index (χ1) is 6.38. The highest BCUT2D eigenvalue weighted by Gasteiger charge is 2.25. The highest BCUT2D eigenvalue weighted by molar-refractivity contribution is 5.73. The lowest BCUT2D eigenvalue weighted by Gasteiger charge is -2.29. The monoisotopic (exact) mass is 186 g/mol. The van der Waals surface area contributed by atoms with Crippen molar-refractivity contribution in [3.63, 3.8) is 0 Å².